The molecule has 0 aliphatic carbocycles. The minimum absolute atomic E-state index is 0.461. The maximum absolute atomic E-state index is 5.43. The third-order valence-corrected chi connectivity index (χ3v) is 4.54. The van der Waals surface area contributed by atoms with Gasteiger partial charge < -0.3 is 10.2 Å². The number of hydrogen-bond donors (Lipinski definition) is 3. The van der Waals surface area contributed by atoms with Crippen molar-refractivity contribution in [3.05, 3.63) is 11.4 Å². The van der Waals surface area contributed by atoms with E-state index in [9.17, 15) is 0 Å². The number of nitrogens with one attached hydrogen (secondary N) is 2. The molecule has 3 rings (SSSR count). The molecular formula is C13H20N6S. The number of hydrogen-bond acceptors (Lipinski definition) is 7. The van der Waals surface area contributed by atoms with Gasteiger partial charge in [-0.3, -0.25) is 5.43 Å². The van der Waals surface area contributed by atoms with E-state index in [0.717, 1.165) is 29.1 Å². The van der Waals surface area contributed by atoms with E-state index in [1.54, 1.807) is 11.3 Å². The normalized spacial score (nSPS) is 20.2. The van der Waals surface area contributed by atoms with Gasteiger partial charge in [0.15, 0.2) is 0 Å². The summed E-state index contributed by atoms with van der Waals surface area (Å²) >= 11 is 1.60. The Kier molecular flexibility index (Phi) is 4.00. The standard InChI is InChI=1S/C13H20N6S/c1-19-5-2-3-9(8-19)7-15-11-10-4-6-20-12(10)17-13(16-11)18-14/h4,6,9H,2-3,5,7-8,14H2,1H3,(H2,15,16,17,18). The Balaban J connectivity index is 1.74. The van der Waals surface area contributed by atoms with Crippen LogP contribution in [-0.2, 0) is 0 Å². The zero-order chi connectivity index (χ0) is 13.9. The SMILES string of the molecule is CN1CCCC(CNc2nc(NN)nc3sccc23)C1. The summed E-state index contributed by atoms with van der Waals surface area (Å²) in [5, 5.41) is 6.57. The van der Waals surface area contributed by atoms with Gasteiger partial charge in [-0.15, -0.1) is 11.3 Å². The van der Waals surface area contributed by atoms with Crippen molar-refractivity contribution in [3.63, 3.8) is 0 Å². The molecule has 1 aliphatic rings. The smallest absolute Gasteiger partial charge is 0.240 e. The number of thiophene rings is 1. The average molecular weight is 292 g/mol. The first kappa shape index (κ1) is 13.5. The Morgan fingerprint density at radius 1 is 1.50 bits per heavy atom. The van der Waals surface area contributed by atoms with E-state index in [-0.39, 0.29) is 0 Å². The van der Waals surface area contributed by atoms with Gasteiger partial charge in [0, 0.05) is 13.1 Å². The van der Waals surface area contributed by atoms with Gasteiger partial charge in [0.1, 0.15) is 10.6 Å². The molecule has 0 radical (unpaired) electrons. The molecule has 108 valence electrons. The first-order chi connectivity index (χ1) is 9.76. The van der Waals surface area contributed by atoms with Gasteiger partial charge in [0.25, 0.3) is 0 Å². The highest BCUT2D eigenvalue weighted by atomic mass is 32.1. The Labute approximate surface area is 122 Å². The van der Waals surface area contributed by atoms with Crippen molar-refractivity contribution in [1.82, 2.24) is 14.9 Å². The molecule has 0 bridgehead atoms. The highest BCUT2D eigenvalue weighted by Crippen LogP contribution is 2.26. The molecule has 3 heterocycles. The van der Waals surface area contributed by atoms with E-state index in [4.69, 9.17) is 5.84 Å². The molecule has 2 aromatic heterocycles. The molecule has 1 fully saturated rings. The molecule has 0 spiro atoms. The molecule has 2 aromatic rings. The van der Waals surface area contributed by atoms with Crippen molar-refractivity contribution in [1.29, 1.82) is 0 Å². The highest BCUT2D eigenvalue weighted by Gasteiger charge is 2.17. The molecule has 0 amide bonds. The number of fused-ring (bicyclic) bond motifs is 1. The van der Waals surface area contributed by atoms with Crippen LogP contribution in [0.5, 0.6) is 0 Å². The van der Waals surface area contributed by atoms with Crippen molar-refractivity contribution in [3.8, 4) is 0 Å². The molecule has 1 atom stereocenters. The quantitative estimate of drug-likeness (QED) is 0.588. The molecule has 1 saturated heterocycles. The molecule has 1 aliphatic heterocycles. The summed E-state index contributed by atoms with van der Waals surface area (Å²) in [4.78, 5) is 12.1. The van der Waals surface area contributed by atoms with Crippen molar-refractivity contribution in [2.75, 3.05) is 37.4 Å². The molecule has 20 heavy (non-hydrogen) atoms. The van der Waals surface area contributed by atoms with Crippen LogP contribution < -0.4 is 16.6 Å². The highest BCUT2D eigenvalue weighted by molar-refractivity contribution is 7.16. The van der Waals surface area contributed by atoms with Crippen LogP contribution in [-0.4, -0.2) is 41.5 Å². The second kappa shape index (κ2) is 5.90. The van der Waals surface area contributed by atoms with Crippen LogP contribution >= 0.6 is 11.3 Å². The van der Waals surface area contributed by atoms with Gasteiger partial charge in [0.2, 0.25) is 5.95 Å². The van der Waals surface area contributed by atoms with Gasteiger partial charge in [0.05, 0.1) is 5.39 Å². The van der Waals surface area contributed by atoms with E-state index in [1.807, 2.05) is 5.38 Å². The molecule has 6 nitrogen and oxygen atoms in total. The summed E-state index contributed by atoms with van der Waals surface area (Å²) in [6.45, 7) is 3.29. The number of anilines is 2. The Morgan fingerprint density at radius 2 is 2.40 bits per heavy atom. The van der Waals surface area contributed by atoms with Crippen LogP contribution in [0, 0.1) is 5.92 Å². The predicted molar refractivity (Wildman–Crippen MR) is 83.9 cm³/mol. The average Bonchev–Trinajstić information content (AvgIpc) is 2.93. The number of nitrogen functional groups attached to an aromatic ring is 1. The first-order valence-corrected chi connectivity index (χ1v) is 7.78. The van der Waals surface area contributed by atoms with Gasteiger partial charge in [-0.25, -0.2) is 10.8 Å². The largest absolute Gasteiger partial charge is 0.369 e. The third kappa shape index (κ3) is 2.84. The van der Waals surface area contributed by atoms with Crippen LogP contribution in [0.4, 0.5) is 11.8 Å². The second-order valence-electron chi connectivity index (χ2n) is 5.33. The lowest BCUT2D eigenvalue weighted by atomic mass is 9.98. The lowest BCUT2D eigenvalue weighted by Gasteiger charge is -2.29. The van der Waals surface area contributed by atoms with Gasteiger partial charge in [-0.2, -0.15) is 4.98 Å². The summed E-state index contributed by atoms with van der Waals surface area (Å²) in [5.74, 6) is 7.44. The van der Waals surface area contributed by atoms with E-state index in [1.165, 1.54) is 19.4 Å². The molecule has 1 unspecified atom stereocenters. The molecule has 0 aromatic carbocycles. The third-order valence-electron chi connectivity index (χ3n) is 3.73. The fourth-order valence-corrected chi connectivity index (χ4v) is 3.50. The summed E-state index contributed by atoms with van der Waals surface area (Å²) in [7, 11) is 2.18. The van der Waals surface area contributed by atoms with E-state index in [0.29, 0.717) is 11.9 Å². The summed E-state index contributed by atoms with van der Waals surface area (Å²) in [6.07, 6.45) is 2.55. The van der Waals surface area contributed by atoms with E-state index in [2.05, 4.69) is 38.7 Å². The maximum atomic E-state index is 5.43. The van der Waals surface area contributed by atoms with Crippen molar-refractivity contribution in [2.24, 2.45) is 11.8 Å². The summed E-state index contributed by atoms with van der Waals surface area (Å²) < 4.78 is 0. The number of nitrogens with two attached hydrogens (primary N) is 1. The molecule has 4 N–H and O–H groups in total. The summed E-state index contributed by atoms with van der Waals surface area (Å²) in [5.41, 5.74) is 2.53. The summed E-state index contributed by atoms with van der Waals surface area (Å²) in [6, 6.07) is 2.05. The number of rotatable bonds is 4. The fraction of sp³-hybridized carbons (Fsp3) is 0.538. The zero-order valence-electron chi connectivity index (χ0n) is 11.6. The zero-order valence-corrected chi connectivity index (χ0v) is 12.4. The Hall–Kier alpha value is -1.44. The number of piperidine rings is 1. The Bertz CT molecular complexity index is 583. The van der Waals surface area contributed by atoms with Gasteiger partial charge >= 0.3 is 0 Å². The van der Waals surface area contributed by atoms with Crippen LogP contribution in [0.25, 0.3) is 10.2 Å². The van der Waals surface area contributed by atoms with E-state index >= 15 is 0 Å². The second-order valence-corrected chi connectivity index (χ2v) is 6.23. The fourth-order valence-electron chi connectivity index (χ4n) is 2.74. The van der Waals surface area contributed by atoms with Crippen molar-refractivity contribution < 1.29 is 0 Å². The lowest BCUT2D eigenvalue weighted by Crippen LogP contribution is -2.35. The number of likely N-dealkylation sites (tertiary alicyclic amines) is 1. The van der Waals surface area contributed by atoms with Crippen LogP contribution in [0.15, 0.2) is 11.4 Å². The number of hydrazine groups is 1. The predicted octanol–water partition coefficient (Wildman–Crippen LogP) is 1.73. The van der Waals surface area contributed by atoms with Crippen molar-refractivity contribution in [2.45, 2.75) is 12.8 Å². The van der Waals surface area contributed by atoms with Gasteiger partial charge in [-0.05, 0) is 43.8 Å². The number of nitrogens with zero attached hydrogens (tertiary/aromatic N) is 3. The minimum Gasteiger partial charge on any atom is -0.369 e. The molecular weight excluding hydrogens is 272 g/mol. The molecule has 7 heteroatoms. The number of aromatic nitrogens is 2. The van der Waals surface area contributed by atoms with Crippen LogP contribution in [0.2, 0.25) is 0 Å². The molecule has 0 saturated carbocycles. The van der Waals surface area contributed by atoms with Crippen LogP contribution in [0.3, 0.4) is 0 Å². The lowest BCUT2D eigenvalue weighted by molar-refractivity contribution is 0.217. The Morgan fingerprint density at radius 3 is 3.20 bits per heavy atom. The topological polar surface area (TPSA) is 79.1 Å². The monoisotopic (exact) mass is 292 g/mol. The minimum atomic E-state index is 0.461. The van der Waals surface area contributed by atoms with E-state index < -0.39 is 0 Å². The van der Waals surface area contributed by atoms with Crippen LogP contribution in [0.1, 0.15) is 12.8 Å². The maximum Gasteiger partial charge on any atom is 0.240 e. The van der Waals surface area contributed by atoms with Crippen molar-refractivity contribution >= 4 is 33.3 Å². The first-order valence-electron chi connectivity index (χ1n) is 6.90. The van der Waals surface area contributed by atoms with Gasteiger partial charge in [-0.1, -0.05) is 0 Å².